The van der Waals surface area contributed by atoms with E-state index < -0.39 is 12.1 Å². The summed E-state index contributed by atoms with van der Waals surface area (Å²) in [6.45, 7) is 7.05. The minimum Gasteiger partial charge on any atom is -0.445 e. The maximum atomic E-state index is 12.0. The molecule has 118 valence electrons. The number of nitrogens with one attached hydrogen (secondary N) is 1. The lowest BCUT2D eigenvalue weighted by Gasteiger charge is -2.16. The molecular weight excluding hydrogens is 290 g/mol. The predicted molar refractivity (Wildman–Crippen MR) is 91.3 cm³/mol. The molecule has 2 aromatic rings. The van der Waals surface area contributed by atoms with Gasteiger partial charge in [0.25, 0.3) is 0 Å². The van der Waals surface area contributed by atoms with E-state index in [2.05, 4.69) is 18.5 Å². The first-order valence-corrected chi connectivity index (χ1v) is 7.32. The number of ether oxygens (including phenoxy) is 1. The first-order chi connectivity index (χ1) is 11.1. The van der Waals surface area contributed by atoms with Crippen molar-refractivity contribution in [2.24, 2.45) is 0 Å². The number of alkyl carbamates (subject to hydrolysis) is 1. The van der Waals surface area contributed by atoms with Gasteiger partial charge in [-0.25, -0.2) is 4.79 Å². The standard InChI is InChI=1S/C19H19NO3/c1-3-11-23-19(22)20-17(18(21)4-2)13-14-9-10-15-7-5-6-8-16(15)12-14/h3-10,12,17H,1-2,11,13H2,(H,20,22)/t17-/m0/s1. The molecule has 1 atom stereocenters. The van der Waals surface area contributed by atoms with Crippen LogP contribution in [0.25, 0.3) is 10.8 Å². The number of hydrogen-bond donors (Lipinski definition) is 1. The largest absolute Gasteiger partial charge is 0.445 e. The zero-order valence-corrected chi connectivity index (χ0v) is 12.8. The first kappa shape index (κ1) is 16.5. The van der Waals surface area contributed by atoms with Gasteiger partial charge in [-0.05, 0) is 22.4 Å². The van der Waals surface area contributed by atoms with E-state index in [4.69, 9.17) is 4.74 Å². The number of carbonyl (C=O) groups excluding carboxylic acids is 2. The topological polar surface area (TPSA) is 55.4 Å². The molecule has 0 radical (unpaired) electrons. The molecule has 0 aliphatic heterocycles. The Morgan fingerprint density at radius 1 is 1.13 bits per heavy atom. The van der Waals surface area contributed by atoms with Gasteiger partial charge in [0.1, 0.15) is 6.61 Å². The molecule has 0 fully saturated rings. The van der Waals surface area contributed by atoms with Crippen molar-refractivity contribution in [2.75, 3.05) is 6.61 Å². The van der Waals surface area contributed by atoms with Crippen LogP contribution in [0, 0.1) is 0 Å². The highest BCUT2D eigenvalue weighted by atomic mass is 16.5. The fourth-order valence-electron chi connectivity index (χ4n) is 2.29. The van der Waals surface area contributed by atoms with Crippen LogP contribution < -0.4 is 5.32 Å². The van der Waals surface area contributed by atoms with Crippen LogP contribution in [0.1, 0.15) is 5.56 Å². The number of benzene rings is 2. The Bertz CT molecular complexity index is 736. The quantitative estimate of drug-likeness (QED) is 0.630. The van der Waals surface area contributed by atoms with Crippen molar-refractivity contribution >= 4 is 22.6 Å². The summed E-state index contributed by atoms with van der Waals surface area (Å²) in [6.07, 6.45) is 2.40. The third-order valence-electron chi connectivity index (χ3n) is 3.42. The average Bonchev–Trinajstić information content (AvgIpc) is 2.58. The molecule has 1 amide bonds. The number of amides is 1. The summed E-state index contributed by atoms with van der Waals surface area (Å²) in [7, 11) is 0. The first-order valence-electron chi connectivity index (χ1n) is 7.32. The molecular formula is C19H19NO3. The molecule has 4 heteroatoms. The number of carbonyl (C=O) groups is 2. The molecule has 2 aromatic carbocycles. The average molecular weight is 309 g/mol. The van der Waals surface area contributed by atoms with Crippen LogP contribution in [-0.2, 0) is 16.0 Å². The highest BCUT2D eigenvalue weighted by Gasteiger charge is 2.19. The van der Waals surface area contributed by atoms with Crippen molar-refractivity contribution in [3.05, 3.63) is 73.3 Å². The van der Waals surface area contributed by atoms with Crippen molar-refractivity contribution in [3.63, 3.8) is 0 Å². The van der Waals surface area contributed by atoms with Gasteiger partial charge in [-0.3, -0.25) is 4.79 Å². The van der Waals surface area contributed by atoms with Gasteiger partial charge in [-0.15, -0.1) is 0 Å². The zero-order chi connectivity index (χ0) is 16.7. The second-order valence-electron chi connectivity index (χ2n) is 5.08. The number of fused-ring (bicyclic) bond motifs is 1. The maximum absolute atomic E-state index is 12.0. The summed E-state index contributed by atoms with van der Waals surface area (Å²) in [4.78, 5) is 23.6. The maximum Gasteiger partial charge on any atom is 0.408 e. The van der Waals surface area contributed by atoms with Gasteiger partial charge in [0.05, 0.1) is 6.04 Å². The Morgan fingerprint density at radius 3 is 2.57 bits per heavy atom. The Balaban J connectivity index is 2.15. The molecule has 0 unspecified atom stereocenters. The van der Waals surface area contributed by atoms with Crippen LogP contribution in [0.3, 0.4) is 0 Å². The third-order valence-corrected chi connectivity index (χ3v) is 3.42. The van der Waals surface area contributed by atoms with Gasteiger partial charge >= 0.3 is 6.09 Å². The summed E-state index contributed by atoms with van der Waals surface area (Å²) >= 11 is 0. The lowest BCUT2D eigenvalue weighted by molar-refractivity contribution is -0.116. The molecule has 0 saturated heterocycles. The van der Waals surface area contributed by atoms with Crippen LogP contribution in [0.2, 0.25) is 0 Å². The van der Waals surface area contributed by atoms with Crippen LogP contribution in [0.5, 0.6) is 0 Å². The monoisotopic (exact) mass is 309 g/mol. The van der Waals surface area contributed by atoms with Crippen LogP contribution in [-0.4, -0.2) is 24.5 Å². The van der Waals surface area contributed by atoms with E-state index in [0.29, 0.717) is 6.42 Å². The van der Waals surface area contributed by atoms with E-state index in [-0.39, 0.29) is 12.4 Å². The van der Waals surface area contributed by atoms with E-state index in [0.717, 1.165) is 16.3 Å². The van der Waals surface area contributed by atoms with Gasteiger partial charge in [-0.2, -0.15) is 0 Å². The predicted octanol–water partition coefficient (Wildman–Crippen LogP) is 3.42. The molecule has 0 saturated carbocycles. The van der Waals surface area contributed by atoms with E-state index in [1.54, 1.807) is 0 Å². The molecule has 0 heterocycles. The lowest BCUT2D eigenvalue weighted by atomic mass is 9.99. The highest BCUT2D eigenvalue weighted by Crippen LogP contribution is 2.17. The molecule has 2 rings (SSSR count). The molecule has 1 N–H and O–H groups in total. The molecule has 4 nitrogen and oxygen atoms in total. The van der Waals surface area contributed by atoms with E-state index >= 15 is 0 Å². The minimum absolute atomic E-state index is 0.0941. The Kier molecular flexibility index (Phi) is 5.69. The minimum atomic E-state index is -0.703. The third kappa shape index (κ3) is 4.54. The van der Waals surface area contributed by atoms with E-state index in [9.17, 15) is 9.59 Å². The second kappa shape index (κ2) is 7.94. The summed E-state index contributed by atoms with van der Waals surface area (Å²) in [5, 5.41) is 4.78. The van der Waals surface area contributed by atoms with Gasteiger partial charge in [0.15, 0.2) is 5.78 Å². The Hall–Kier alpha value is -2.88. The summed E-state index contributed by atoms with van der Waals surface area (Å²) in [5.74, 6) is -0.256. The molecule has 23 heavy (non-hydrogen) atoms. The SMILES string of the molecule is C=CCOC(=O)N[C@@H](Cc1ccc2ccccc2c1)C(=O)C=C. The molecule has 0 spiro atoms. The van der Waals surface area contributed by atoms with Gasteiger partial charge in [-0.1, -0.05) is 61.7 Å². The smallest absolute Gasteiger partial charge is 0.408 e. The summed E-state index contributed by atoms with van der Waals surface area (Å²) in [6, 6.07) is 13.2. The fraction of sp³-hybridized carbons (Fsp3) is 0.158. The zero-order valence-electron chi connectivity index (χ0n) is 12.8. The van der Waals surface area contributed by atoms with Crippen LogP contribution >= 0.6 is 0 Å². The van der Waals surface area contributed by atoms with Crippen LogP contribution in [0.4, 0.5) is 4.79 Å². The highest BCUT2D eigenvalue weighted by molar-refractivity contribution is 5.96. The summed E-state index contributed by atoms with van der Waals surface area (Å²) < 4.78 is 4.87. The number of rotatable bonds is 7. The van der Waals surface area contributed by atoms with E-state index in [1.165, 1.54) is 12.2 Å². The summed E-state index contributed by atoms with van der Waals surface area (Å²) in [5.41, 5.74) is 0.952. The number of hydrogen-bond acceptors (Lipinski definition) is 3. The fourth-order valence-corrected chi connectivity index (χ4v) is 2.29. The number of ketones is 1. The molecule has 0 aliphatic carbocycles. The van der Waals surface area contributed by atoms with E-state index in [1.807, 2.05) is 42.5 Å². The van der Waals surface area contributed by atoms with Gasteiger partial charge < -0.3 is 10.1 Å². The van der Waals surface area contributed by atoms with Crippen molar-refractivity contribution in [1.29, 1.82) is 0 Å². The Labute approximate surface area is 135 Å². The van der Waals surface area contributed by atoms with Crippen molar-refractivity contribution in [3.8, 4) is 0 Å². The van der Waals surface area contributed by atoms with Crippen molar-refractivity contribution in [1.82, 2.24) is 5.32 Å². The Morgan fingerprint density at radius 2 is 1.87 bits per heavy atom. The lowest BCUT2D eigenvalue weighted by Crippen LogP contribution is -2.42. The van der Waals surface area contributed by atoms with Crippen molar-refractivity contribution < 1.29 is 14.3 Å². The second-order valence-corrected chi connectivity index (χ2v) is 5.08. The molecule has 0 aromatic heterocycles. The van der Waals surface area contributed by atoms with Crippen molar-refractivity contribution in [2.45, 2.75) is 12.5 Å². The normalized spacial score (nSPS) is 11.5. The van der Waals surface area contributed by atoms with Crippen LogP contribution in [0.15, 0.2) is 67.8 Å². The van der Waals surface area contributed by atoms with Gasteiger partial charge in [0, 0.05) is 6.42 Å². The van der Waals surface area contributed by atoms with Gasteiger partial charge in [0.2, 0.25) is 0 Å². The molecule has 0 bridgehead atoms. The molecule has 0 aliphatic rings.